The number of pyridine rings is 1. The molecule has 136 valence electrons. The van der Waals surface area contributed by atoms with Crippen LogP contribution in [-0.2, 0) is 6.54 Å². The molecule has 6 nitrogen and oxygen atoms in total. The quantitative estimate of drug-likeness (QED) is 0.358. The summed E-state index contributed by atoms with van der Waals surface area (Å²) in [7, 11) is 0. The van der Waals surface area contributed by atoms with Gasteiger partial charge in [-0.15, -0.1) is 0 Å². The summed E-state index contributed by atoms with van der Waals surface area (Å²) in [5.74, 6) is 0.532. The second kappa shape index (κ2) is 9.10. The summed E-state index contributed by atoms with van der Waals surface area (Å²) < 4.78 is 5.78. The molecule has 1 aliphatic rings. The van der Waals surface area contributed by atoms with Crippen molar-refractivity contribution in [3.63, 3.8) is 0 Å². The van der Waals surface area contributed by atoms with Gasteiger partial charge in [-0.3, -0.25) is 9.69 Å². The largest absolute Gasteiger partial charge is 0.477 e. The third-order valence-electron chi connectivity index (χ3n) is 4.62. The topological polar surface area (TPSA) is 75.0 Å². The predicted octanol–water partition coefficient (Wildman–Crippen LogP) is 3.02. The maximum Gasteiger partial charge on any atom is 0.213 e. The summed E-state index contributed by atoms with van der Waals surface area (Å²) in [6, 6.07) is 13.7. The molecule has 0 radical (unpaired) electrons. The summed E-state index contributed by atoms with van der Waals surface area (Å²) >= 11 is 0. The lowest BCUT2D eigenvalue weighted by Gasteiger charge is -2.31. The van der Waals surface area contributed by atoms with Crippen LogP contribution in [0.25, 0.3) is 0 Å². The average molecular weight is 353 g/mol. The zero-order valence-corrected chi connectivity index (χ0v) is 14.6. The molecule has 1 aromatic heterocycles. The van der Waals surface area contributed by atoms with Gasteiger partial charge in [-0.1, -0.05) is 35.5 Å². The highest BCUT2D eigenvalue weighted by atomic mass is 16.5. The van der Waals surface area contributed by atoms with Crippen LogP contribution < -0.4 is 4.74 Å². The third kappa shape index (κ3) is 5.13. The summed E-state index contributed by atoms with van der Waals surface area (Å²) in [6.45, 7) is 3.70. The Labute approximate surface area is 153 Å². The van der Waals surface area contributed by atoms with Gasteiger partial charge >= 0.3 is 0 Å². The first kappa shape index (κ1) is 18.1. The van der Waals surface area contributed by atoms with Gasteiger partial charge in [0.2, 0.25) is 11.7 Å². The second-order valence-corrected chi connectivity index (χ2v) is 6.51. The van der Waals surface area contributed by atoms with Crippen LogP contribution in [0.5, 0.6) is 5.88 Å². The van der Waals surface area contributed by atoms with E-state index >= 15 is 0 Å². The Morgan fingerprint density at radius 2 is 2.04 bits per heavy atom. The second-order valence-electron chi connectivity index (χ2n) is 6.51. The van der Waals surface area contributed by atoms with E-state index in [1.807, 2.05) is 6.07 Å². The number of benzene rings is 1. The van der Waals surface area contributed by atoms with Gasteiger partial charge in [-0.05, 0) is 43.5 Å². The number of piperidine rings is 1. The molecule has 0 aliphatic carbocycles. The number of ketones is 1. The fourth-order valence-corrected chi connectivity index (χ4v) is 3.12. The van der Waals surface area contributed by atoms with Crippen molar-refractivity contribution >= 4 is 12.0 Å². The molecule has 0 spiro atoms. The van der Waals surface area contributed by atoms with Crippen molar-refractivity contribution in [3.05, 3.63) is 59.8 Å². The minimum absolute atomic E-state index is 0.381. The number of carbonyl (C=O) groups excluding carboxylic acids is 1. The molecule has 26 heavy (non-hydrogen) atoms. The summed E-state index contributed by atoms with van der Waals surface area (Å²) in [4.78, 5) is 18.3. The van der Waals surface area contributed by atoms with E-state index in [1.54, 1.807) is 12.1 Å². The van der Waals surface area contributed by atoms with Gasteiger partial charge in [0.15, 0.2) is 0 Å². The number of oxime groups is 1. The third-order valence-corrected chi connectivity index (χ3v) is 4.62. The highest BCUT2D eigenvalue weighted by molar-refractivity contribution is 6.35. The fourth-order valence-electron chi connectivity index (χ4n) is 3.12. The van der Waals surface area contributed by atoms with Crippen LogP contribution in [-0.4, -0.2) is 46.8 Å². The summed E-state index contributed by atoms with van der Waals surface area (Å²) in [6.07, 6.45) is 4.56. The number of rotatable bonds is 7. The molecule has 2 heterocycles. The van der Waals surface area contributed by atoms with E-state index in [9.17, 15) is 4.79 Å². The zero-order chi connectivity index (χ0) is 18.2. The van der Waals surface area contributed by atoms with Crippen LogP contribution in [0.4, 0.5) is 0 Å². The lowest BCUT2D eigenvalue weighted by atomic mass is 9.97. The van der Waals surface area contributed by atoms with Crippen molar-refractivity contribution < 1.29 is 14.7 Å². The standard InChI is InChI=1S/C20H23N3O3/c24-19(13-22-25)18-6-9-21-20(12-18)26-15-17-7-10-23(11-8-17)14-16-4-2-1-3-5-16/h1-6,9,12-13,17,25H,7-8,10-11,14-15H2. The SMILES string of the molecule is O=C(C=NO)c1ccnc(OCC2CCN(Cc3ccccc3)CC2)c1. The van der Waals surface area contributed by atoms with Gasteiger partial charge in [0.1, 0.15) is 6.21 Å². The molecule has 0 saturated carbocycles. The Bertz CT molecular complexity index is 741. The molecule has 1 saturated heterocycles. The summed E-state index contributed by atoms with van der Waals surface area (Å²) in [5.41, 5.74) is 1.74. The van der Waals surface area contributed by atoms with Crippen LogP contribution >= 0.6 is 0 Å². The van der Waals surface area contributed by atoms with Crippen molar-refractivity contribution in [2.24, 2.45) is 11.1 Å². The molecule has 1 aromatic carbocycles. The molecule has 1 N–H and O–H groups in total. The molecule has 0 bridgehead atoms. The van der Waals surface area contributed by atoms with E-state index in [0.717, 1.165) is 38.7 Å². The smallest absolute Gasteiger partial charge is 0.213 e. The molecule has 3 rings (SSSR count). The van der Waals surface area contributed by atoms with E-state index in [2.05, 4.69) is 39.3 Å². The molecule has 1 aliphatic heterocycles. The van der Waals surface area contributed by atoms with E-state index in [0.29, 0.717) is 24.0 Å². The van der Waals surface area contributed by atoms with Gasteiger partial charge in [-0.25, -0.2) is 4.98 Å². The van der Waals surface area contributed by atoms with Gasteiger partial charge in [0.05, 0.1) is 6.61 Å². The average Bonchev–Trinajstić information content (AvgIpc) is 2.69. The number of likely N-dealkylation sites (tertiary alicyclic amines) is 1. The zero-order valence-electron chi connectivity index (χ0n) is 14.6. The van der Waals surface area contributed by atoms with Crippen LogP contribution in [0.1, 0.15) is 28.8 Å². The van der Waals surface area contributed by atoms with E-state index < -0.39 is 0 Å². The Balaban J connectivity index is 1.45. The highest BCUT2D eigenvalue weighted by Gasteiger charge is 2.20. The number of carbonyl (C=O) groups is 1. The van der Waals surface area contributed by atoms with Crippen LogP contribution in [0.2, 0.25) is 0 Å². The fraction of sp³-hybridized carbons (Fsp3) is 0.350. The van der Waals surface area contributed by atoms with E-state index in [1.165, 1.54) is 11.8 Å². The molecular weight excluding hydrogens is 330 g/mol. The number of ether oxygens (including phenoxy) is 1. The van der Waals surface area contributed by atoms with Gasteiger partial charge < -0.3 is 9.94 Å². The maximum atomic E-state index is 11.7. The van der Waals surface area contributed by atoms with Crippen LogP contribution in [0.15, 0.2) is 53.8 Å². The highest BCUT2D eigenvalue weighted by Crippen LogP contribution is 2.20. The van der Waals surface area contributed by atoms with Crippen molar-refractivity contribution in [1.82, 2.24) is 9.88 Å². The number of nitrogens with zero attached hydrogens (tertiary/aromatic N) is 3. The first-order valence-electron chi connectivity index (χ1n) is 8.81. The molecule has 0 amide bonds. The van der Waals surface area contributed by atoms with Crippen molar-refractivity contribution in [3.8, 4) is 5.88 Å². The van der Waals surface area contributed by atoms with Crippen LogP contribution in [0, 0.1) is 5.92 Å². The predicted molar refractivity (Wildman–Crippen MR) is 98.8 cm³/mol. The van der Waals surface area contributed by atoms with Gasteiger partial charge in [0, 0.05) is 24.4 Å². The maximum absolute atomic E-state index is 11.7. The van der Waals surface area contributed by atoms with Gasteiger partial charge in [-0.2, -0.15) is 0 Å². The number of hydrogen-bond acceptors (Lipinski definition) is 6. The Hall–Kier alpha value is -2.73. The number of Topliss-reactive ketones (excluding diaryl/α,β-unsaturated/α-hetero) is 1. The molecule has 1 fully saturated rings. The van der Waals surface area contributed by atoms with Crippen molar-refractivity contribution in [2.45, 2.75) is 19.4 Å². The normalized spacial score (nSPS) is 16.0. The first-order valence-corrected chi connectivity index (χ1v) is 8.81. The molecular formula is C20H23N3O3. The summed E-state index contributed by atoms with van der Waals surface area (Å²) in [5, 5.41) is 11.2. The Morgan fingerprint density at radius 1 is 1.27 bits per heavy atom. The molecule has 2 aromatic rings. The first-order chi connectivity index (χ1) is 12.7. The lowest BCUT2D eigenvalue weighted by Crippen LogP contribution is -2.35. The van der Waals surface area contributed by atoms with E-state index in [4.69, 9.17) is 9.94 Å². The monoisotopic (exact) mass is 353 g/mol. The minimum atomic E-state index is -0.381. The number of aromatic nitrogens is 1. The Kier molecular flexibility index (Phi) is 6.33. The molecule has 6 heteroatoms. The number of hydrogen-bond donors (Lipinski definition) is 1. The van der Waals surface area contributed by atoms with Crippen LogP contribution in [0.3, 0.4) is 0 Å². The minimum Gasteiger partial charge on any atom is -0.477 e. The Morgan fingerprint density at radius 3 is 2.77 bits per heavy atom. The lowest BCUT2D eigenvalue weighted by molar-refractivity contribution is 0.106. The molecule has 0 unspecified atom stereocenters. The molecule has 0 atom stereocenters. The van der Waals surface area contributed by atoms with Gasteiger partial charge in [0.25, 0.3) is 0 Å². The van der Waals surface area contributed by atoms with Crippen molar-refractivity contribution in [2.75, 3.05) is 19.7 Å². The van der Waals surface area contributed by atoms with Crippen molar-refractivity contribution in [1.29, 1.82) is 0 Å². The van der Waals surface area contributed by atoms with E-state index in [-0.39, 0.29) is 5.78 Å².